The minimum absolute atomic E-state index is 0.114. The lowest BCUT2D eigenvalue weighted by Crippen LogP contribution is -2.71. The Balaban J connectivity index is 1.34. The Morgan fingerprint density at radius 2 is 2.15 bits per heavy atom. The van der Waals surface area contributed by atoms with Crippen LogP contribution in [0.1, 0.15) is 12.6 Å². The van der Waals surface area contributed by atoms with E-state index < -0.39 is 29.2 Å². The monoisotopic (exact) mass is 589 g/mol. The first kappa shape index (κ1) is 26.5. The summed E-state index contributed by atoms with van der Waals surface area (Å²) in [6.07, 6.45) is 3.54. The Kier molecular flexibility index (Phi) is 7.19. The van der Waals surface area contributed by atoms with Gasteiger partial charge in [0.15, 0.2) is 34.9 Å². The van der Waals surface area contributed by atoms with Crippen LogP contribution in [0, 0.1) is 0 Å². The Bertz CT molecular complexity index is 1580. The molecule has 202 valence electrons. The van der Waals surface area contributed by atoms with Crippen molar-refractivity contribution in [3.05, 3.63) is 40.8 Å². The fraction of sp³-hybridized carbons (Fsp3) is 0.273. The molecule has 2 atom stereocenters. The van der Waals surface area contributed by atoms with Crippen molar-refractivity contribution in [1.82, 2.24) is 20.2 Å². The number of amides is 3. The van der Waals surface area contributed by atoms with Gasteiger partial charge in [-0.1, -0.05) is 16.5 Å². The number of nitrogen functional groups attached to an aromatic ring is 1. The van der Waals surface area contributed by atoms with Gasteiger partial charge in [0.1, 0.15) is 35.4 Å². The number of carboxylic acids is 1. The number of fused-ring (bicyclic) bond motifs is 2. The molecule has 0 radical (unpaired) electrons. The predicted octanol–water partition coefficient (Wildman–Crippen LogP) is 0.370. The molecule has 2 aliphatic rings. The van der Waals surface area contributed by atoms with Crippen LogP contribution in [0.15, 0.2) is 40.3 Å². The van der Waals surface area contributed by atoms with Gasteiger partial charge in [-0.05, 0) is 0 Å². The Hall–Kier alpha value is -4.09. The summed E-state index contributed by atoms with van der Waals surface area (Å²) >= 11 is 3.79. The van der Waals surface area contributed by atoms with E-state index in [2.05, 4.69) is 25.8 Å². The molecule has 3 aromatic heterocycles. The van der Waals surface area contributed by atoms with Crippen LogP contribution in [0.5, 0.6) is 0 Å². The van der Waals surface area contributed by atoms with Gasteiger partial charge in [0.25, 0.3) is 11.8 Å². The van der Waals surface area contributed by atoms with Gasteiger partial charge >= 0.3 is 5.97 Å². The second-order valence-corrected chi connectivity index (χ2v) is 11.4. The van der Waals surface area contributed by atoms with Crippen molar-refractivity contribution < 1.29 is 33.7 Å². The number of nitrogens with zero attached hydrogens (tertiary/aromatic N) is 5. The number of nitrogens with one attached hydrogen (secondary N) is 2. The van der Waals surface area contributed by atoms with Crippen LogP contribution in [-0.2, 0) is 30.6 Å². The molecule has 1 fully saturated rings. The summed E-state index contributed by atoms with van der Waals surface area (Å²) in [6, 6.07) is 0.871. The van der Waals surface area contributed by atoms with Gasteiger partial charge in [-0.15, -0.1) is 23.1 Å². The molecule has 3 amide bonds. The fourth-order valence-corrected chi connectivity index (χ4v) is 6.91. The predicted molar refractivity (Wildman–Crippen MR) is 144 cm³/mol. The summed E-state index contributed by atoms with van der Waals surface area (Å²) in [5.41, 5.74) is 6.76. The quantitative estimate of drug-likeness (QED) is 0.123. The molecular weight excluding hydrogens is 568 g/mol. The second kappa shape index (κ2) is 10.6. The Morgan fingerprint density at radius 1 is 1.36 bits per heavy atom. The lowest BCUT2D eigenvalue weighted by Gasteiger charge is -2.49. The topological polar surface area (TPSA) is 193 Å². The number of pyridine rings is 1. The highest BCUT2D eigenvalue weighted by Gasteiger charge is 2.54. The van der Waals surface area contributed by atoms with Gasteiger partial charge < -0.3 is 26.3 Å². The molecule has 14 nitrogen and oxygen atoms in total. The summed E-state index contributed by atoms with van der Waals surface area (Å²) < 4.78 is 2.63. The molecule has 5 heterocycles. The molecule has 5 rings (SSSR count). The highest BCUT2D eigenvalue weighted by molar-refractivity contribution is 8.00. The molecule has 3 aromatic rings. The first-order chi connectivity index (χ1) is 18.7. The Morgan fingerprint density at radius 3 is 2.82 bits per heavy atom. The van der Waals surface area contributed by atoms with Crippen LogP contribution in [0.4, 0.5) is 10.3 Å². The summed E-state index contributed by atoms with van der Waals surface area (Å²) in [7, 11) is 1.27. The highest BCUT2D eigenvalue weighted by atomic mass is 32.2. The molecule has 0 saturated carbocycles. The van der Waals surface area contributed by atoms with Gasteiger partial charge in [0, 0.05) is 29.7 Å². The van der Waals surface area contributed by atoms with Gasteiger partial charge in [-0.25, -0.2) is 14.8 Å². The maximum atomic E-state index is 13.1. The average Bonchev–Trinajstić information content (AvgIpc) is 3.49. The van der Waals surface area contributed by atoms with Crippen molar-refractivity contribution >= 4 is 84.3 Å². The van der Waals surface area contributed by atoms with Crippen LogP contribution in [0.25, 0.3) is 10.2 Å². The van der Waals surface area contributed by atoms with Crippen LogP contribution in [-0.4, -0.2) is 73.7 Å². The van der Waals surface area contributed by atoms with E-state index in [0.717, 1.165) is 16.0 Å². The number of anilines is 2. The van der Waals surface area contributed by atoms with E-state index in [4.69, 9.17) is 10.6 Å². The minimum Gasteiger partial charge on any atom is -0.477 e. The zero-order valence-electron chi connectivity index (χ0n) is 20.4. The summed E-state index contributed by atoms with van der Waals surface area (Å²) in [6.45, 7) is 1.61. The zero-order chi connectivity index (χ0) is 27.8. The standard InChI is InChI=1S/C22H20N8O6S3/c1-9(31)24-22-26-11-6-29(4-3-13(11)39-22)5-10-7-37-19-15(18(33)30(19)16(10)20(34)35)27-17(32)14(28-36-2)12-8-38-21(23)25-12/h3-4,6,8,15,19H,5,7H2,1-2H3,(H4-,23,24,25,26,27,31,32,34,35)/p+1/b28-14-/t15?,19-/m1/s1. The van der Waals surface area contributed by atoms with Gasteiger partial charge in [0.05, 0.1) is 4.70 Å². The number of carboxylic acid groups (broad SMARTS) is 1. The molecule has 39 heavy (non-hydrogen) atoms. The molecule has 0 bridgehead atoms. The SMILES string of the molecule is CO/N=C(\C(=O)NC1C(=O)N2C(C(=O)O)=C(C[n+]3ccc4sc(NC(C)=O)nc4c3)CS[C@H]12)c1csc(N)n1. The fourth-order valence-electron chi connectivity index (χ4n) is 4.15. The minimum atomic E-state index is -1.24. The number of hydrogen-bond donors (Lipinski definition) is 4. The number of β-lactam (4-membered cyclic amide) rings is 1. The number of hydrogen-bond acceptors (Lipinski definition) is 12. The van der Waals surface area contributed by atoms with Crippen molar-refractivity contribution in [3.8, 4) is 0 Å². The molecular formula is C22H21N8O6S3+. The third kappa shape index (κ3) is 5.15. The van der Waals surface area contributed by atoms with Crippen molar-refractivity contribution in [2.24, 2.45) is 5.16 Å². The summed E-state index contributed by atoms with van der Waals surface area (Å²) in [4.78, 5) is 64.0. The largest absolute Gasteiger partial charge is 0.477 e. The molecule has 1 unspecified atom stereocenters. The summed E-state index contributed by atoms with van der Waals surface area (Å²) in [5.74, 6) is -2.39. The zero-order valence-corrected chi connectivity index (χ0v) is 22.9. The van der Waals surface area contributed by atoms with E-state index in [1.165, 1.54) is 47.4 Å². The number of carbonyl (C=O) groups is 4. The Labute approximate surface area is 232 Å². The molecule has 2 aliphatic heterocycles. The smallest absolute Gasteiger partial charge is 0.352 e. The first-order valence-corrected chi connectivity index (χ1v) is 14.0. The number of aromatic nitrogens is 3. The molecule has 1 saturated heterocycles. The number of rotatable bonds is 8. The van der Waals surface area contributed by atoms with E-state index >= 15 is 0 Å². The lowest BCUT2D eigenvalue weighted by atomic mass is 10.0. The third-order valence-electron chi connectivity index (χ3n) is 5.74. The van der Waals surface area contributed by atoms with Crippen LogP contribution >= 0.6 is 34.4 Å². The highest BCUT2D eigenvalue weighted by Crippen LogP contribution is 2.40. The normalized spacial score (nSPS) is 19.0. The van der Waals surface area contributed by atoms with E-state index in [1.807, 2.05) is 6.07 Å². The van der Waals surface area contributed by atoms with E-state index in [1.54, 1.807) is 17.0 Å². The first-order valence-electron chi connectivity index (χ1n) is 11.3. The number of thioether (sulfide) groups is 1. The summed E-state index contributed by atoms with van der Waals surface area (Å²) in [5, 5.41) is 20.6. The number of thiazole rings is 2. The molecule has 0 aliphatic carbocycles. The van der Waals surface area contributed by atoms with Crippen molar-refractivity contribution in [2.45, 2.75) is 24.9 Å². The van der Waals surface area contributed by atoms with Crippen molar-refractivity contribution in [3.63, 3.8) is 0 Å². The van der Waals surface area contributed by atoms with E-state index in [0.29, 0.717) is 22.0 Å². The number of carbonyl (C=O) groups excluding carboxylic acids is 3. The van der Waals surface area contributed by atoms with Gasteiger partial charge in [0.2, 0.25) is 5.91 Å². The van der Waals surface area contributed by atoms with Gasteiger partial charge in [-0.3, -0.25) is 19.3 Å². The van der Waals surface area contributed by atoms with Crippen molar-refractivity contribution in [2.75, 3.05) is 23.9 Å². The number of nitrogens with two attached hydrogens (primary N) is 1. The van der Waals surface area contributed by atoms with Crippen molar-refractivity contribution in [1.29, 1.82) is 0 Å². The second-order valence-electron chi connectivity index (χ2n) is 8.38. The van der Waals surface area contributed by atoms with Crippen LogP contribution in [0.2, 0.25) is 0 Å². The maximum absolute atomic E-state index is 13.1. The van der Waals surface area contributed by atoms with Gasteiger partial charge in [-0.2, -0.15) is 4.57 Å². The molecule has 0 spiro atoms. The van der Waals surface area contributed by atoms with Crippen LogP contribution < -0.4 is 20.9 Å². The third-order valence-corrected chi connectivity index (χ3v) is 8.71. The van der Waals surface area contributed by atoms with E-state index in [-0.39, 0.29) is 34.7 Å². The molecule has 17 heteroatoms. The maximum Gasteiger partial charge on any atom is 0.352 e. The number of oxime groups is 1. The molecule has 5 N–H and O–H groups in total. The molecule has 0 aromatic carbocycles. The lowest BCUT2D eigenvalue weighted by molar-refractivity contribution is -0.687. The number of aliphatic carboxylic acids is 1. The average molecular weight is 590 g/mol. The van der Waals surface area contributed by atoms with Crippen LogP contribution in [0.3, 0.4) is 0 Å². The van der Waals surface area contributed by atoms with E-state index in [9.17, 15) is 24.3 Å².